The lowest BCUT2D eigenvalue weighted by molar-refractivity contribution is 0.0451. The van der Waals surface area contributed by atoms with Gasteiger partial charge in [-0.05, 0) is 61.6 Å². The molecule has 5 nitrogen and oxygen atoms in total. The van der Waals surface area contributed by atoms with Crippen LogP contribution in [0.1, 0.15) is 40.9 Å². The molecule has 5 heteroatoms. The monoisotopic (exact) mass is 391 g/mol. The molecular formula is C24H25NO4. The lowest BCUT2D eigenvalue weighted by Crippen LogP contribution is -2.16. The zero-order valence-corrected chi connectivity index (χ0v) is 16.6. The number of benzene rings is 2. The van der Waals surface area contributed by atoms with E-state index in [1.54, 1.807) is 7.11 Å². The first-order valence-electron chi connectivity index (χ1n) is 10.1. The van der Waals surface area contributed by atoms with E-state index in [9.17, 15) is 4.79 Å². The minimum Gasteiger partial charge on any atom is -0.497 e. The Hall–Kier alpha value is -3.08. The van der Waals surface area contributed by atoms with Gasteiger partial charge in [-0.15, -0.1) is 0 Å². The normalized spacial score (nSPS) is 13.4. The average molecular weight is 391 g/mol. The Morgan fingerprint density at radius 3 is 2.52 bits per heavy atom. The highest BCUT2D eigenvalue weighted by atomic mass is 16.6. The molecule has 1 aromatic heterocycles. The summed E-state index contributed by atoms with van der Waals surface area (Å²) in [6, 6.07) is 15.1. The molecule has 0 fully saturated rings. The summed E-state index contributed by atoms with van der Waals surface area (Å²) in [7, 11) is 1.62. The van der Waals surface area contributed by atoms with Crippen molar-refractivity contribution in [1.82, 2.24) is 4.98 Å². The third-order valence-electron chi connectivity index (χ3n) is 5.27. The third-order valence-corrected chi connectivity index (χ3v) is 5.27. The van der Waals surface area contributed by atoms with Crippen molar-refractivity contribution in [2.75, 3.05) is 20.3 Å². The van der Waals surface area contributed by atoms with E-state index >= 15 is 0 Å². The van der Waals surface area contributed by atoms with E-state index in [2.05, 4.69) is 0 Å². The minimum atomic E-state index is -0.292. The molecule has 1 aliphatic rings. The predicted molar refractivity (Wildman–Crippen MR) is 112 cm³/mol. The number of hydrogen-bond acceptors (Lipinski definition) is 5. The number of pyridine rings is 1. The highest BCUT2D eigenvalue weighted by Gasteiger charge is 2.22. The Bertz CT molecular complexity index is 998. The molecule has 0 bridgehead atoms. The van der Waals surface area contributed by atoms with Crippen LogP contribution in [0.4, 0.5) is 0 Å². The van der Waals surface area contributed by atoms with Gasteiger partial charge in [0.15, 0.2) is 0 Å². The number of para-hydroxylation sites is 1. The van der Waals surface area contributed by atoms with Crippen molar-refractivity contribution in [2.45, 2.75) is 32.1 Å². The van der Waals surface area contributed by atoms with Crippen LogP contribution < -0.4 is 9.47 Å². The van der Waals surface area contributed by atoms with E-state index in [1.165, 1.54) is 0 Å². The van der Waals surface area contributed by atoms with Gasteiger partial charge in [0.1, 0.15) is 24.7 Å². The van der Waals surface area contributed by atoms with Gasteiger partial charge in [0.05, 0.1) is 18.2 Å². The number of carbonyl (C=O) groups is 1. The average Bonchev–Trinajstić information content (AvgIpc) is 3.00. The van der Waals surface area contributed by atoms with Gasteiger partial charge in [-0.25, -0.2) is 4.79 Å². The molecule has 0 N–H and O–H groups in total. The van der Waals surface area contributed by atoms with E-state index < -0.39 is 0 Å². The second-order valence-corrected chi connectivity index (χ2v) is 7.15. The summed E-state index contributed by atoms with van der Waals surface area (Å²) in [5.74, 6) is 1.19. The Balaban J connectivity index is 1.48. The second-order valence-electron chi connectivity index (χ2n) is 7.15. The maximum absolute atomic E-state index is 13.0. The number of rotatable bonds is 6. The summed E-state index contributed by atoms with van der Waals surface area (Å²) in [6.07, 6.45) is 5.15. The molecule has 29 heavy (non-hydrogen) atoms. The smallest absolute Gasteiger partial charge is 0.339 e. The number of nitrogens with zero attached hydrogens (tertiary/aromatic N) is 1. The van der Waals surface area contributed by atoms with Gasteiger partial charge >= 0.3 is 5.97 Å². The number of aromatic nitrogens is 1. The first-order chi connectivity index (χ1) is 14.3. The first kappa shape index (κ1) is 19.2. The Labute approximate surface area is 170 Å². The Morgan fingerprint density at radius 2 is 1.69 bits per heavy atom. The SMILES string of the molecule is COc1ccc(OCCOC(=O)c2c3c(nc4ccccc24)CCCCC3)cc1. The molecule has 0 radical (unpaired) electrons. The first-order valence-corrected chi connectivity index (χ1v) is 10.1. The number of ether oxygens (including phenoxy) is 3. The summed E-state index contributed by atoms with van der Waals surface area (Å²) < 4.78 is 16.4. The van der Waals surface area contributed by atoms with Crippen LogP contribution in [0, 0.1) is 0 Å². The topological polar surface area (TPSA) is 57.7 Å². The molecule has 0 amide bonds. The standard InChI is InChI=1S/C24H25NO4/c1-27-17-11-13-18(14-12-17)28-15-16-29-24(26)23-19-7-3-2-4-9-21(19)25-22-10-6-5-8-20(22)23/h5-6,8,10-14H,2-4,7,9,15-16H2,1H3. The van der Waals surface area contributed by atoms with Crippen LogP contribution in [0.2, 0.25) is 0 Å². The van der Waals surface area contributed by atoms with Crippen molar-refractivity contribution >= 4 is 16.9 Å². The molecule has 0 atom stereocenters. The zero-order chi connectivity index (χ0) is 20.1. The molecule has 2 aromatic carbocycles. The molecule has 0 aliphatic heterocycles. The molecule has 1 heterocycles. The summed E-state index contributed by atoms with van der Waals surface area (Å²) in [5.41, 5.74) is 3.64. The summed E-state index contributed by atoms with van der Waals surface area (Å²) in [5, 5.41) is 0.870. The number of fused-ring (bicyclic) bond motifs is 2. The van der Waals surface area contributed by atoms with Crippen molar-refractivity contribution in [3.05, 3.63) is 65.4 Å². The predicted octanol–water partition coefficient (Wildman–Crippen LogP) is 4.75. The third kappa shape index (κ3) is 4.34. The number of carbonyl (C=O) groups excluding carboxylic acids is 1. The molecule has 0 saturated carbocycles. The van der Waals surface area contributed by atoms with Crippen LogP contribution in [-0.4, -0.2) is 31.3 Å². The van der Waals surface area contributed by atoms with Crippen LogP contribution in [0.15, 0.2) is 48.5 Å². The van der Waals surface area contributed by atoms with Crippen molar-refractivity contribution in [3.8, 4) is 11.5 Å². The van der Waals surface area contributed by atoms with Crippen LogP contribution >= 0.6 is 0 Å². The van der Waals surface area contributed by atoms with E-state index in [4.69, 9.17) is 19.2 Å². The van der Waals surface area contributed by atoms with Crippen LogP contribution in [0.3, 0.4) is 0 Å². The highest BCUT2D eigenvalue weighted by molar-refractivity contribution is 6.05. The highest BCUT2D eigenvalue weighted by Crippen LogP contribution is 2.29. The maximum atomic E-state index is 13.0. The lowest BCUT2D eigenvalue weighted by atomic mass is 9.97. The van der Waals surface area contributed by atoms with Gasteiger partial charge in [-0.1, -0.05) is 24.6 Å². The molecular weight excluding hydrogens is 366 g/mol. The largest absolute Gasteiger partial charge is 0.497 e. The van der Waals surface area contributed by atoms with Crippen molar-refractivity contribution < 1.29 is 19.0 Å². The maximum Gasteiger partial charge on any atom is 0.339 e. The molecule has 1 aliphatic carbocycles. The summed E-state index contributed by atoms with van der Waals surface area (Å²) in [4.78, 5) is 17.8. The fourth-order valence-corrected chi connectivity index (χ4v) is 3.82. The summed E-state index contributed by atoms with van der Waals surface area (Å²) >= 11 is 0. The van der Waals surface area contributed by atoms with E-state index in [1.807, 2.05) is 48.5 Å². The van der Waals surface area contributed by atoms with Gasteiger partial charge in [0.2, 0.25) is 0 Å². The fourth-order valence-electron chi connectivity index (χ4n) is 3.82. The number of aryl methyl sites for hydroxylation is 1. The van der Waals surface area contributed by atoms with Gasteiger partial charge in [-0.3, -0.25) is 4.98 Å². The van der Waals surface area contributed by atoms with Gasteiger partial charge in [0, 0.05) is 11.1 Å². The molecule has 150 valence electrons. The lowest BCUT2D eigenvalue weighted by Gasteiger charge is -2.15. The van der Waals surface area contributed by atoms with Gasteiger partial charge in [-0.2, -0.15) is 0 Å². The van der Waals surface area contributed by atoms with Crippen molar-refractivity contribution in [3.63, 3.8) is 0 Å². The molecule has 3 aromatic rings. The van der Waals surface area contributed by atoms with Crippen LogP contribution in [-0.2, 0) is 17.6 Å². The van der Waals surface area contributed by atoms with Crippen molar-refractivity contribution in [1.29, 1.82) is 0 Å². The fraction of sp³-hybridized carbons (Fsp3) is 0.333. The van der Waals surface area contributed by atoms with Crippen LogP contribution in [0.25, 0.3) is 10.9 Å². The minimum absolute atomic E-state index is 0.191. The summed E-state index contributed by atoms with van der Waals surface area (Å²) in [6.45, 7) is 0.486. The molecule has 4 rings (SSSR count). The van der Waals surface area contributed by atoms with E-state index in [0.29, 0.717) is 17.9 Å². The number of methoxy groups -OCH3 is 1. The van der Waals surface area contributed by atoms with Gasteiger partial charge in [0.25, 0.3) is 0 Å². The molecule has 0 saturated heterocycles. The number of esters is 1. The molecule has 0 spiro atoms. The Morgan fingerprint density at radius 1 is 0.931 bits per heavy atom. The van der Waals surface area contributed by atoms with E-state index in [0.717, 1.165) is 60.0 Å². The zero-order valence-electron chi connectivity index (χ0n) is 16.6. The number of hydrogen-bond donors (Lipinski definition) is 0. The quantitative estimate of drug-likeness (QED) is 0.345. The van der Waals surface area contributed by atoms with E-state index in [-0.39, 0.29) is 12.6 Å². The molecule has 0 unspecified atom stereocenters. The van der Waals surface area contributed by atoms with Crippen molar-refractivity contribution in [2.24, 2.45) is 0 Å². The van der Waals surface area contributed by atoms with Crippen LogP contribution in [0.5, 0.6) is 11.5 Å². The Kier molecular flexibility index (Phi) is 5.94. The van der Waals surface area contributed by atoms with Gasteiger partial charge < -0.3 is 14.2 Å². The second kappa shape index (κ2) is 8.95.